The highest BCUT2D eigenvalue weighted by molar-refractivity contribution is 6.08. The van der Waals surface area contributed by atoms with Gasteiger partial charge in [0.05, 0.1) is 5.69 Å². The predicted octanol–water partition coefficient (Wildman–Crippen LogP) is 1.30. The Hall–Kier alpha value is -3.23. The first-order chi connectivity index (χ1) is 13.9. The molecule has 29 heavy (non-hydrogen) atoms. The van der Waals surface area contributed by atoms with E-state index in [9.17, 15) is 14.4 Å². The van der Waals surface area contributed by atoms with E-state index in [1.807, 2.05) is 38.1 Å². The lowest BCUT2D eigenvalue weighted by Crippen LogP contribution is -2.45. The molecule has 2 aliphatic heterocycles. The van der Waals surface area contributed by atoms with Crippen LogP contribution in [0.25, 0.3) is 0 Å². The van der Waals surface area contributed by atoms with Gasteiger partial charge in [-0.3, -0.25) is 14.5 Å². The van der Waals surface area contributed by atoms with E-state index in [0.29, 0.717) is 12.2 Å². The molecule has 9 heteroatoms. The molecule has 1 N–H and O–H groups in total. The number of carbonyl (C=O) groups excluding carboxylic acids is 3. The number of para-hydroxylation sites is 1. The minimum atomic E-state index is -0.735. The summed E-state index contributed by atoms with van der Waals surface area (Å²) in [4.78, 5) is 40.6. The van der Waals surface area contributed by atoms with E-state index in [1.54, 1.807) is 15.8 Å². The molecule has 1 unspecified atom stereocenters. The summed E-state index contributed by atoms with van der Waals surface area (Å²) >= 11 is 0. The molecule has 0 saturated carbocycles. The van der Waals surface area contributed by atoms with Crippen molar-refractivity contribution in [3.05, 3.63) is 41.7 Å². The number of rotatable bonds is 5. The van der Waals surface area contributed by atoms with Crippen LogP contribution in [0.4, 0.5) is 10.5 Å². The zero-order valence-corrected chi connectivity index (χ0v) is 16.5. The van der Waals surface area contributed by atoms with Gasteiger partial charge in [0.25, 0.3) is 5.91 Å². The number of imide groups is 1. The summed E-state index contributed by atoms with van der Waals surface area (Å²) in [7, 11) is 0. The molecule has 1 aromatic carbocycles. The Bertz CT molecular complexity index is 953. The van der Waals surface area contributed by atoms with Crippen LogP contribution in [-0.4, -0.2) is 56.9 Å². The van der Waals surface area contributed by atoms with Crippen molar-refractivity contribution in [3.8, 4) is 0 Å². The van der Waals surface area contributed by atoms with Crippen LogP contribution in [0.3, 0.4) is 0 Å². The summed E-state index contributed by atoms with van der Waals surface area (Å²) in [5.74, 6) is -0.667. The molecule has 152 valence electrons. The SMILES string of the molecule is CC(C)n1cc(CC2NC(=O)N(CC(=O)N3CCCc4ccccc43)C2=O)nn1. The van der Waals surface area contributed by atoms with Crippen LogP contribution in [0.2, 0.25) is 0 Å². The van der Waals surface area contributed by atoms with E-state index in [0.717, 1.165) is 29.0 Å². The van der Waals surface area contributed by atoms with Crippen LogP contribution in [0, 0.1) is 0 Å². The van der Waals surface area contributed by atoms with Crippen molar-refractivity contribution in [2.75, 3.05) is 18.0 Å². The number of anilines is 1. The summed E-state index contributed by atoms with van der Waals surface area (Å²) in [5, 5.41) is 10.7. The van der Waals surface area contributed by atoms with Gasteiger partial charge in [0, 0.05) is 30.9 Å². The number of nitrogens with one attached hydrogen (secondary N) is 1. The summed E-state index contributed by atoms with van der Waals surface area (Å²) in [5.41, 5.74) is 2.59. The number of amides is 4. The van der Waals surface area contributed by atoms with Gasteiger partial charge in [-0.2, -0.15) is 0 Å². The van der Waals surface area contributed by atoms with E-state index in [-0.39, 0.29) is 24.9 Å². The predicted molar refractivity (Wildman–Crippen MR) is 105 cm³/mol. The molecule has 1 atom stereocenters. The maximum Gasteiger partial charge on any atom is 0.325 e. The molecule has 3 heterocycles. The van der Waals surface area contributed by atoms with Crippen molar-refractivity contribution in [2.24, 2.45) is 0 Å². The highest BCUT2D eigenvalue weighted by atomic mass is 16.2. The summed E-state index contributed by atoms with van der Waals surface area (Å²) < 4.78 is 1.70. The fourth-order valence-electron chi connectivity index (χ4n) is 3.75. The van der Waals surface area contributed by atoms with Crippen molar-refractivity contribution in [3.63, 3.8) is 0 Å². The molecule has 4 amide bonds. The van der Waals surface area contributed by atoms with E-state index in [4.69, 9.17) is 0 Å². The highest BCUT2D eigenvalue weighted by Crippen LogP contribution is 2.27. The lowest BCUT2D eigenvalue weighted by atomic mass is 10.0. The number of hydrogen-bond donors (Lipinski definition) is 1. The molecule has 0 aliphatic carbocycles. The Morgan fingerprint density at radius 3 is 2.83 bits per heavy atom. The standard InChI is InChI=1S/C20H24N6O3/c1-13(2)26-11-15(22-23-26)10-16-19(28)25(20(29)21-16)12-18(27)24-9-5-7-14-6-3-4-8-17(14)24/h3-4,6,8,11,13,16H,5,7,9-10,12H2,1-2H3,(H,21,29). The molecule has 2 aliphatic rings. The molecule has 1 fully saturated rings. The molecular weight excluding hydrogens is 372 g/mol. The molecule has 2 aromatic rings. The third kappa shape index (κ3) is 3.72. The van der Waals surface area contributed by atoms with Gasteiger partial charge in [-0.1, -0.05) is 23.4 Å². The average Bonchev–Trinajstić information content (AvgIpc) is 3.28. The van der Waals surface area contributed by atoms with Gasteiger partial charge < -0.3 is 10.2 Å². The summed E-state index contributed by atoms with van der Waals surface area (Å²) in [6.07, 6.45) is 3.79. The molecule has 1 saturated heterocycles. The Morgan fingerprint density at radius 1 is 1.28 bits per heavy atom. The number of aryl methyl sites for hydroxylation is 1. The van der Waals surface area contributed by atoms with E-state index >= 15 is 0 Å². The second-order valence-corrected chi connectivity index (χ2v) is 7.69. The quantitative estimate of drug-likeness (QED) is 0.768. The van der Waals surface area contributed by atoms with Crippen molar-refractivity contribution < 1.29 is 14.4 Å². The molecular formula is C20H24N6O3. The van der Waals surface area contributed by atoms with Crippen molar-refractivity contribution in [1.29, 1.82) is 0 Å². The van der Waals surface area contributed by atoms with Crippen LogP contribution < -0.4 is 10.2 Å². The Kier molecular flexibility index (Phi) is 5.04. The largest absolute Gasteiger partial charge is 0.325 e. The normalized spacial score (nSPS) is 18.9. The molecule has 0 radical (unpaired) electrons. The Balaban J connectivity index is 1.43. The number of carbonyl (C=O) groups is 3. The second-order valence-electron chi connectivity index (χ2n) is 7.69. The van der Waals surface area contributed by atoms with Gasteiger partial charge in [-0.25, -0.2) is 9.48 Å². The zero-order chi connectivity index (χ0) is 20.5. The first-order valence-corrected chi connectivity index (χ1v) is 9.85. The minimum Gasteiger partial charge on any atom is -0.325 e. The van der Waals surface area contributed by atoms with Crippen LogP contribution in [0.5, 0.6) is 0 Å². The lowest BCUT2D eigenvalue weighted by Gasteiger charge is -2.30. The third-order valence-corrected chi connectivity index (χ3v) is 5.31. The highest BCUT2D eigenvalue weighted by Gasteiger charge is 2.40. The van der Waals surface area contributed by atoms with Crippen LogP contribution in [0.1, 0.15) is 37.6 Å². The fourth-order valence-corrected chi connectivity index (χ4v) is 3.75. The van der Waals surface area contributed by atoms with E-state index in [2.05, 4.69) is 15.6 Å². The maximum absolute atomic E-state index is 12.9. The number of hydrogen-bond acceptors (Lipinski definition) is 5. The fraction of sp³-hybridized carbons (Fsp3) is 0.450. The van der Waals surface area contributed by atoms with Gasteiger partial charge in [0.2, 0.25) is 5.91 Å². The smallest absolute Gasteiger partial charge is 0.325 e. The monoisotopic (exact) mass is 396 g/mol. The van der Waals surface area contributed by atoms with Gasteiger partial charge in [0.1, 0.15) is 12.6 Å². The van der Waals surface area contributed by atoms with Crippen molar-refractivity contribution in [2.45, 2.75) is 45.2 Å². The second kappa shape index (κ2) is 7.65. The van der Waals surface area contributed by atoms with Gasteiger partial charge >= 0.3 is 6.03 Å². The number of fused-ring (bicyclic) bond motifs is 1. The topological polar surface area (TPSA) is 100 Å². The minimum absolute atomic E-state index is 0.159. The molecule has 0 spiro atoms. The molecule has 9 nitrogen and oxygen atoms in total. The Morgan fingerprint density at radius 2 is 2.07 bits per heavy atom. The van der Waals surface area contributed by atoms with Crippen LogP contribution >= 0.6 is 0 Å². The summed E-state index contributed by atoms with van der Waals surface area (Å²) in [6, 6.07) is 6.62. The van der Waals surface area contributed by atoms with Gasteiger partial charge in [-0.15, -0.1) is 5.10 Å². The average molecular weight is 396 g/mol. The van der Waals surface area contributed by atoms with Gasteiger partial charge in [0.15, 0.2) is 0 Å². The third-order valence-electron chi connectivity index (χ3n) is 5.31. The molecule has 1 aromatic heterocycles. The Labute approximate surface area is 168 Å². The number of urea groups is 1. The summed E-state index contributed by atoms with van der Waals surface area (Å²) in [6.45, 7) is 4.27. The van der Waals surface area contributed by atoms with E-state index < -0.39 is 18.0 Å². The van der Waals surface area contributed by atoms with Crippen molar-refractivity contribution in [1.82, 2.24) is 25.2 Å². The number of nitrogens with zero attached hydrogens (tertiary/aromatic N) is 5. The van der Waals surface area contributed by atoms with Crippen LogP contribution in [0.15, 0.2) is 30.5 Å². The lowest BCUT2D eigenvalue weighted by molar-refractivity contribution is -0.131. The van der Waals surface area contributed by atoms with Crippen molar-refractivity contribution >= 4 is 23.5 Å². The first kappa shape index (κ1) is 19.1. The number of benzene rings is 1. The maximum atomic E-state index is 12.9. The van der Waals surface area contributed by atoms with Gasteiger partial charge in [-0.05, 0) is 38.3 Å². The zero-order valence-electron chi connectivity index (χ0n) is 16.5. The number of aromatic nitrogens is 3. The molecule has 0 bridgehead atoms. The van der Waals surface area contributed by atoms with Crippen LogP contribution in [-0.2, 0) is 22.4 Å². The first-order valence-electron chi connectivity index (χ1n) is 9.85. The molecule has 4 rings (SSSR count). The van der Waals surface area contributed by atoms with E-state index in [1.165, 1.54) is 0 Å².